The van der Waals surface area contributed by atoms with E-state index in [1.54, 1.807) is 12.1 Å². The summed E-state index contributed by atoms with van der Waals surface area (Å²) in [5.74, 6) is -0.757. The second kappa shape index (κ2) is 9.79. The van der Waals surface area contributed by atoms with Gasteiger partial charge in [-0.1, -0.05) is 23.7 Å². The number of alkyl halides is 3. The first kappa shape index (κ1) is 24.3. The largest absolute Gasteiger partial charge is 0.480 e. The van der Waals surface area contributed by atoms with E-state index in [1.165, 1.54) is 19.4 Å². The molecule has 0 spiro atoms. The molecular weight excluding hydrogens is 485 g/mol. The number of methoxy groups -OCH3 is 1. The molecule has 4 aromatic rings. The molecule has 0 aliphatic rings. The number of carbonyl (C=O) groups excluding carboxylic acids is 1. The summed E-state index contributed by atoms with van der Waals surface area (Å²) < 4.78 is 47.1. The maximum absolute atomic E-state index is 13.6. The predicted octanol–water partition coefficient (Wildman–Crippen LogP) is 4.42. The fourth-order valence-electron chi connectivity index (χ4n) is 3.65. The van der Waals surface area contributed by atoms with Gasteiger partial charge < -0.3 is 15.8 Å². The molecule has 35 heavy (non-hydrogen) atoms. The normalized spacial score (nSPS) is 11.6. The summed E-state index contributed by atoms with van der Waals surface area (Å²) in [5, 5.41) is 7.36. The number of halogens is 4. The SMILES string of the molecule is COc1ncc(-c2cc(C(F)(F)F)c3c(N)ncnn23)cc1C(=O)NCCCc1ccc(Cl)cc1. The predicted molar refractivity (Wildman–Crippen MR) is 124 cm³/mol. The molecule has 3 N–H and O–H groups in total. The number of anilines is 1. The van der Waals surface area contributed by atoms with Crippen molar-refractivity contribution in [1.82, 2.24) is 24.9 Å². The van der Waals surface area contributed by atoms with E-state index in [0.29, 0.717) is 18.0 Å². The number of carbonyl (C=O) groups is 1. The number of nitrogens with one attached hydrogen (secondary N) is 1. The van der Waals surface area contributed by atoms with E-state index in [-0.39, 0.29) is 34.0 Å². The maximum Gasteiger partial charge on any atom is 0.418 e. The topological polar surface area (TPSA) is 107 Å². The molecule has 0 aliphatic heterocycles. The Labute approximate surface area is 202 Å². The van der Waals surface area contributed by atoms with Gasteiger partial charge in [-0.25, -0.2) is 14.5 Å². The van der Waals surface area contributed by atoms with E-state index in [0.717, 1.165) is 28.9 Å². The number of fused-ring (bicyclic) bond motifs is 1. The Morgan fingerprint density at radius 1 is 1.20 bits per heavy atom. The van der Waals surface area contributed by atoms with Gasteiger partial charge in [0.2, 0.25) is 5.88 Å². The summed E-state index contributed by atoms with van der Waals surface area (Å²) in [4.78, 5) is 20.6. The summed E-state index contributed by atoms with van der Waals surface area (Å²) >= 11 is 5.89. The highest BCUT2D eigenvalue weighted by Crippen LogP contribution is 2.38. The molecule has 1 aromatic carbocycles. The summed E-state index contributed by atoms with van der Waals surface area (Å²) in [6.07, 6.45) is -0.943. The highest BCUT2D eigenvalue weighted by Gasteiger charge is 2.36. The number of ether oxygens (including phenoxy) is 1. The number of hydrogen-bond donors (Lipinski definition) is 2. The van der Waals surface area contributed by atoms with Crippen LogP contribution in [0.2, 0.25) is 5.02 Å². The van der Waals surface area contributed by atoms with E-state index in [9.17, 15) is 18.0 Å². The van der Waals surface area contributed by atoms with Gasteiger partial charge in [0.1, 0.15) is 17.4 Å². The van der Waals surface area contributed by atoms with Gasteiger partial charge in [-0.05, 0) is 42.7 Å². The van der Waals surface area contributed by atoms with Crippen LogP contribution in [-0.4, -0.2) is 39.1 Å². The van der Waals surface area contributed by atoms with Gasteiger partial charge in [-0.2, -0.15) is 18.3 Å². The van der Waals surface area contributed by atoms with Gasteiger partial charge >= 0.3 is 6.18 Å². The van der Waals surface area contributed by atoms with Crippen LogP contribution in [-0.2, 0) is 12.6 Å². The van der Waals surface area contributed by atoms with E-state index in [1.807, 2.05) is 12.1 Å². The maximum atomic E-state index is 13.6. The number of nitrogens with two attached hydrogens (primary N) is 1. The van der Waals surface area contributed by atoms with E-state index in [2.05, 4.69) is 20.4 Å². The van der Waals surface area contributed by atoms with Crippen LogP contribution in [0.4, 0.5) is 19.0 Å². The molecule has 0 aliphatic carbocycles. The summed E-state index contributed by atoms with van der Waals surface area (Å²) in [7, 11) is 1.35. The quantitative estimate of drug-likeness (QED) is 0.361. The van der Waals surface area contributed by atoms with Gasteiger partial charge in [0, 0.05) is 23.3 Å². The fourth-order valence-corrected chi connectivity index (χ4v) is 3.77. The third-order valence-corrected chi connectivity index (χ3v) is 5.57. The van der Waals surface area contributed by atoms with Gasteiger partial charge in [-0.3, -0.25) is 4.79 Å². The molecule has 0 atom stereocenters. The Balaban J connectivity index is 1.59. The first-order valence-corrected chi connectivity index (χ1v) is 10.8. The lowest BCUT2D eigenvalue weighted by Gasteiger charge is -2.11. The van der Waals surface area contributed by atoms with Crippen LogP contribution in [0.1, 0.15) is 27.9 Å². The molecule has 0 unspecified atom stereocenters. The Bertz CT molecular complexity index is 1370. The monoisotopic (exact) mass is 504 g/mol. The number of aromatic nitrogens is 4. The number of hydrogen-bond acceptors (Lipinski definition) is 6. The molecule has 3 heterocycles. The molecule has 0 radical (unpaired) electrons. The van der Waals surface area contributed by atoms with Gasteiger partial charge in [0.25, 0.3) is 5.91 Å². The molecule has 0 fully saturated rings. The van der Waals surface area contributed by atoms with E-state index < -0.39 is 17.6 Å². The molecule has 0 saturated carbocycles. The van der Waals surface area contributed by atoms with Crippen LogP contribution in [0.3, 0.4) is 0 Å². The molecule has 4 rings (SSSR count). The highest BCUT2D eigenvalue weighted by molar-refractivity contribution is 6.30. The van der Waals surface area contributed by atoms with Crippen molar-refractivity contribution in [2.24, 2.45) is 0 Å². The van der Waals surface area contributed by atoms with Crippen molar-refractivity contribution in [1.29, 1.82) is 0 Å². The van der Waals surface area contributed by atoms with Crippen LogP contribution in [0, 0.1) is 0 Å². The zero-order chi connectivity index (χ0) is 25.2. The summed E-state index contributed by atoms with van der Waals surface area (Å²) in [5.41, 5.74) is 5.76. The number of nitrogen functional groups attached to an aromatic ring is 1. The zero-order valence-electron chi connectivity index (χ0n) is 18.4. The average molecular weight is 505 g/mol. The second-order valence-electron chi connectivity index (χ2n) is 7.61. The fraction of sp³-hybridized carbons (Fsp3) is 0.217. The smallest absolute Gasteiger partial charge is 0.418 e. The Morgan fingerprint density at radius 3 is 2.63 bits per heavy atom. The first-order valence-electron chi connectivity index (χ1n) is 10.5. The third kappa shape index (κ3) is 5.14. The van der Waals surface area contributed by atoms with Gasteiger partial charge in [0.05, 0.1) is 18.4 Å². The zero-order valence-corrected chi connectivity index (χ0v) is 19.2. The summed E-state index contributed by atoms with van der Waals surface area (Å²) in [6, 6.07) is 9.72. The number of nitrogens with zero attached hydrogens (tertiary/aromatic N) is 4. The lowest BCUT2D eigenvalue weighted by atomic mass is 10.1. The Hall–Kier alpha value is -3.86. The van der Waals surface area contributed by atoms with Crippen molar-refractivity contribution in [2.75, 3.05) is 19.4 Å². The lowest BCUT2D eigenvalue weighted by Crippen LogP contribution is -2.25. The molecule has 12 heteroatoms. The molecule has 0 bridgehead atoms. The number of benzene rings is 1. The number of rotatable bonds is 7. The van der Waals surface area contributed by atoms with Crippen molar-refractivity contribution < 1.29 is 22.7 Å². The Morgan fingerprint density at radius 2 is 1.94 bits per heavy atom. The minimum absolute atomic E-state index is 0.0370. The molecule has 3 aromatic heterocycles. The van der Waals surface area contributed by atoms with Gasteiger partial charge in [-0.15, -0.1) is 0 Å². The standard InChI is InChI=1S/C23H20ClF3N6O2/c1-35-22-16(21(34)29-8-2-3-13-4-6-15(24)7-5-13)9-14(11-30-22)18-10-17(23(25,26)27)19-20(28)31-12-32-33(18)19/h4-7,9-12H,2-3,8H2,1H3,(H,29,34)(H2,28,31,32). The minimum atomic E-state index is -4.69. The van der Waals surface area contributed by atoms with Crippen molar-refractivity contribution >= 4 is 28.8 Å². The van der Waals surface area contributed by atoms with Crippen LogP contribution in [0.5, 0.6) is 5.88 Å². The third-order valence-electron chi connectivity index (χ3n) is 5.31. The van der Waals surface area contributed by atoms with Gasteiger partial charge in [0.15, 0.2) is 5.82 Å². The lowest BCUT2D eigenvalue weighted by molar-refractivity contribution is -0.136. The van der Waals surface area contributed by atoms with Crippen LogP contribution in [0.25, 0.3) is 16.8 Å². The Kier molecular flexibility index (Phi) is 6.79. The molecule has 0 saturated heterocycles. The van der Waals surface area contributed by atoms with Crippen molar-refractivity contribution in [3.8, 4) is 17.1 Å². The van der Waals surface area contributed by atoms with Crippen molar-refractivity contribution in [2.45, 2.75) is 19.0 Å². The second-order valence-corrected chi connectivity index (χ2v) is 8.05. The van der Waals surface area contributed by atoms with Crippen LogP contribution < -0.4 is 15.8 Å². The molecule has 182 valence electrons. The van der Waals surface area contributed by atoms with Crippen LogP contribution in [0.15, 0.2) is 48.9 Å². The average Bonchev–Trinajstić information content (AvgIpc) is 3.24. The minimum Gasteiger partial charge on any atom is -0.480 e. The van der Waals surface area contributed by atoms with Crippen molar-refractivity contribution in [3.05, 3.63) is 70.6 Å². The number of amides is 1. The first-order chi connectivity index (χ1) is 16.7. The molecule has 1 amide bonds. The van der Waals surface area contributed by atoms with E-state index in [4.69, 9.17) is 22.1 Å². The van der Waals surface area contributed by atoms with Crippen LogP contribution >= 0.6 is 11.6 Å². The van der Waals surface area contributed by atoms with E-state index >= 15 is 0 Å². The molecule has 8 nitrogen and oxygen atoms in total. The summed E-state index contributed by atoms with van der Waals surface area (Å²) in [6.45, 7) is 0.366. The molecular formula is C23H20ClF3N6O2. The number of aryl methyl sites for hydroxylation is 1. The number of pyridine rings is 1. The highest BCUT2D eigenvalue weighted by atomic mass is 35.5. The van der Waals surface area contributed by atoms with Crippen molar-refractivity contribution in [3.63, 3.8) is 0 Å².